The van der Waals surface area contributed by atoms with E-state index in [-0.39, 0.29) is 30.5 Å². The Kier molecular flexibility index (Phi) is 10.1. The zero-order valence-corrected chi connectivity index (χ0v) is 28.4. The van der Waals surface area contributed by atoms with Crippen LogP contribution in [0.3, 0.4) is 0 Å². The first-order valence-corrected chi connectivity index (χ1v) is 16.2. The molecule has 2 heterocycles. The summed E-state index contributed by atoms with van der Waals surface area (Å²) < 4.78 is 26.1. The van der Waals surface area contributed by atoms with Crippen LogP contribution in [0.1, 0.15) is 56.0 Å². The van der Waals surface area contributed by atoms with Gasteiger partial charge in [-0.25, -0.2) is 9.79 Å². The van der Waals surface area contributed by atoms with Gasteiger partial charge in [0.1, 0.15) is 18.4 Å². The number of thiazole rings is 1. The molecule has 0 saturated heterocycles. The summed E-state index contributed by atoms with van der Waals surface area (Å²) in [7, 11) is 1.55. The van der Waals surface area contributed by atoms with E-state index in [1.807, 2.05) is 56.3 Å². The van der Waals surface area contributed by atoms with Crippen molar-refractivity contribution in [3.8, 4) is 23.3 Å². The molecule has 1 aliphatic rings. The smallest absolute Gasteiger partial charge is 0.338 e. The molecule has 1 atom stereocenters. The highest BCUT2D eigenvalue weighted by Gasteiger charge is 2.35. The van der Waals surface area contributed by atoms with Gasteiger partial charge < -0.3 is 18.9 Å². The minimum atomic E-state index is -0.823. The fourth-order valence-electron chi connectivity index (χ4n) is 5.13. The summed E-state index contributed by atoms with van der Waals surface area (Å²) in [6, 6.07) is 19.4. The lowest BCUT2D eigenvalue weighted by Crippen LogP contribution is -2.40. The minimum absolute atomic E-state index is 0.137. The third kappa shape index (κ3) is 6.78. The zero-order valence-electron chi connectivity index (χ0n) is 26.0. The Bertz CT molecular complexity index is 2040. The van der Waals surface area contributed by atoms with Crippen molar-refractivity contribution in [1.82, 2.24) is 4.57 Å². The molecule has 0 fully saturated rings. The Morgan fingerprint density at radius 1 is 1.15 bits per heavy atom. The Hall–Kier alpha value is -4.66. The molecule has 46 heavy (non-hydrogen) atoms. The normalized spacial score (nSPS) is 14.4. The Morgan fingerprint density at radius 3 is 2.57 bits per heavy atom. The number of esters is 1. The van der Waals surface area contributed by atoms with Crippen LogP contribution in [0, 0.1) is 11.3 Å². The second kappa shape index (κ2) is 14.2. The highest BCUT2D eigenvalue weighted by molar-refractivity contribution is 9.10. The number of rotatable bonds is 10. The number of halogens is 1. The van der Waals surface area contributed by atoms with Crippen molar-refractivity contribution < 1.29 is 23.7 Å². The molecule has 0 bridgehead atoms. The largest absolute Gasteiger partial charge is 0.493 e. The minimum Gasteiger partial charge on any atom is -0.493 e. The number of fused-ring (bicyclic) bond motifs is 1. The van der Waals surface area contributed by atoms with E-state index in [4.69, 9.17) is 29.2 Å². The first-order chi connectivity index (χ1) is 22.1. The molecule has 0 spiro atoms. The predicted octanol–water partition coefficient (Wildman–Crippen LogP) is 5.81. The molecule has 11 heteroatoms. The second-order valence-corrected chi connectivity index (χ2v) is 12.6. The van der Waals surface area contributed by atoms with Gasteiger partial charge in [0.05, 0.1) is 47.3 Å². The standard InChI is InChI=1S/C35H32BrN3O6S/c1-6-43-34(41)30-21(4)38-35-39(31(30)26-9-7-8-10-27(26)45-20(2)3)33(40)29(46-35)16-24-15-25(36)17-28(42-5)32(24)44-19-23-13-11-22(18-37)12-14-23/h7-17,20,31H,6,19H2,1-5H3/b29-16-/t31-/m1/s1. The van der Waals surface area contributed by atoms with E-state index in [1.54, 1.807) is 45.2 Å². The number of benzene rings is 3. The topological polar surface area (TPSA) is 112 Å². The molecule has 0 radical (unpaired) electrons. The lowest BCUT2D eigenvalue weighted by Gasteiger charge is -2.26. The molecule has 0 aliphatic carbocycles. The highest BCUT2D eigenvalue weighted by Crippen LogP contribution is 2.37. The van der Waals surface area contributed by atoms with Crippen LogP contribution in [0.2, 0.25) is 0 Å². The molecule has 0 saturated carbocycles. The summed E-state index contributed by atoms with van der Waals surface area (Å²) in [5.74, 6) is 0.929. The fraction of sp³-hybridized carbons (Fsp3) is 0.257. The Labute approximate surface area is 278 Å². The molecule has 236 valence electrons. The van der Waals surface area contributed by atoms with Crippen LogP contribution >= 0.6 is 27.3 Å². The van der Waals surface area contributed by atoms with Gasteiger partial charge in [-0.05, 0) is 69.7 Å². The van der Waals surface area contributed by atoms with E-state index in [2.05, 4.69) is 22.0 Å². The van der Waals surface area contributed by atoms with E-state index < -0.39 is 12.0 Å². The summed E-state index contributed by atoms with van der Waals surface area (Å²) >= 11 is 4.76. The van der Waals surface area contributed by atoms with Crippen molar-refractivity contribution in [3.63, 3.8) is 0 Å². The molecule has 4 aromatic rings. The maximum Gasteiger partial charge on any atom is 0.338 e. The van der Waals surface area contributed by atoms with Crippen LogP contribution in [0.4, 0.5) is 0 Å². The summed E-state index contributed by atoms with van der Waals surface area (Å²) in [4.78, 5) is 32.8. The number of methoxy groups -OCH3 is 1. The maximum absolute atomic E-state index is 14.3. The summed E-state index contributed by atoms with van der Waals surface area (Å²) in [6.07, 6.45) is 1.60. The molecule has 5 rings (SSSR count). The summed E-state index contributed by atoms with van der Waals surface area (Å²) in [5.41, 5.74) is 3.07. The van der Waals surface area contributed by atoms with Crippen molar-refractivity contribution in [3.05, 3.63) is 118 Å². The van der Waals surface area contributed by atoms with Crippen LogP contribution in [0.25, 0.3) is 6.08 Å². The summed E-state index contributed by atoms with van der Waals surface area (Å²) in [6.45, 7) is 7.71. The molecule has 1 aromatic heterocycles. The van der Waals surface area contributed by atoms with E-state index in [0.717, 1.165) is 10.0 Å². The van der Waals surface area contributed by atoms with Crippen LogP contribution < -0.4 is 29.1 Å². The van der Waals surface area contributed by atoms with Crippen LogP contribution in [-0.2, 0) is 16.1 Å². The number of aromatic nitrogens is 1. The zero-order chi connectivity index (χ0) is 33.0. The first kappa shape index (κ1) is 32.7. The van der Waals surface area contributed by atoms with Gasteiger partial charge in [0.2, 0.25) is 0 Å². The van der Waals surface area contributed by atoms with Crippen LogP contribution in [0.15, 0.2) is 86.2 Å². The third-order valence-electron chi connectivity index (χ3n) is 7.11. The van der Waals surface area contributed by atoms with E-state index in [1.165, 1.54) is 15.9 Å². The molecular weight excluding hydrogens is 670 g/mol. The van der Waals surface area contributed by atoms with Gasteiger partial charge in [0.15, 0.2) is 16.3 Å². The third-order valence-corrected chi connectivity index (χ3v) is 8.56. The molecule has 0 amide bonds. The van der Waals surface area contributed by atoms with Crippen LogP contribution in [0.5, 0.6) is 17.2 Å². The fourth-order valence-corrected chi connectivity index (χ4v) is 6.62. The Morgan fingerprint density at radius 2 is 1.89 bits per heavy atom. The molecule has 3 aromatic carbocycles. The number of hydrogen-bond acceptors (Lipinski definition) is 9. The van der Waals surface area contributed by atoms with Crippen molar-refractivity contribution in [2.75, 3.05) is 13.7 Å². The summed E-state index contributed by atoms with van der Waals surface area (Å²) in [5, 5.41) is 9.13. The van der Waals surface area contributed by atoms with Crippen LogP contribution in [-0.4, -0.2) is 30.4 Å². The number of para-hydroxylation sites is 1. The second-order valence-electron chi connectivity index (χ2n) is 10.6. The van der Waals surface area contributed by atoms with Gasteiger partial charge in [0, 0.05) is 15.6 Å². The van der Waals surface area contributed by atoms with Crippen molar-refractivity contribution in [2.24, 2.45) is 4.99 Å². The van der Waals surface area contributed by atoms with Crippen molar-refractivity contribution >= 4 is 39.3 Å². The molecule has 0 N–H and O–H groups in total. The van der Waals surface area contributed by atoms with Gasteiger partial charge >= 0.3 is 5.97 Å². The number of allylic oxidation sites excluding steroid dienone is 1. The quantitative estimate of drug-likeness (QED) is 0.192. The van der Waals surface area contributed by atoms with Gasteiger partial charge in [-0.3, -0.25) is 9.36 Å². The molecule has 9 nitrogen and oxygen atoms in total. The maximum atomic E-state index is 14.3. The highest BCUT2D eigenvalue weighted by atomic mass is 79.9. The van der Waals surface area contributed by atoms with E-state index in [9.17, 15) is 9.59 Å². The van der Waals surface area contributed by atoms with Crippen molar-refractivity contribution in [1.29, 1.82) is 5.26 Å². The monoisotopic (exact) mass is 701 g/mol. The lowest BCUT2D eigenvalue weighted by molar-refractivity contribution is -0.139. The Balaban J connectivity index is 1.67. The first-order valence-electron chi connectivity index (χ1n) is 14.6. The number of hydrogen-bond donors (Lipinski definition) is 0. The number of nitrogens with zero attached hydrogens (tertiary/aromatic N) is 3. The molecular formula is C35H32BrN3O6S. The average Bonchev–Trinajstić information content (AvgIpc) is 3.33. The predicted molar refractivity (Wildman–Crippen MR) is 179 cm³/mol. The number of nitriles is 1. The van der Waals surface area contributed by atoms with E-state index >= 15 is 0 Å². The molecule has 1 aliphatic heterocycles. The average molecular weight is 703 g/mol. The number of carbonyl (C=O) groups excluding carboxylic acids is 1. The van der Waals surface area contributed by atoms with Gasteiger partial charge in [-0.15, -0.1) is 0 Å². The van der Waals surface area contributed by atoms with Gasteiger partial charge in [-0.2, -0.15) is 5.26 Å². The van der Waals surface area contributed by atoms with E-state index in [0.29, 0.717) is 49.0 Å². The lowest BCUT2D eigenvalue weighted by atomic mass is 9.95. The van der Waals surface area contributed by atoms with Gasteiger partial charge in [-0.1, -0.05) is 57.6 Å². The number of carbonyl (C=O) groups is 1. The van der Waals surface area contributed by atoms with Gasteiger partial charge in [0.25, 0.3) is 5.56 Å². The molecule has 0 unspecified atom stereocenters. The van der Waals surface area contributed by atoms with Crippen molar-refractivity contribution in [2.45, 2.75) is 46.4 Å². The number of ether oxygens (including phenoxy) is 4. The SMILES string of the molecule is CCOC(=O)C1=C(C)N=c2s/c(=C\c3cc(Br)cc(OC)c3OCc3ccc(C#N)cc3)c(=O)n2[C@@H]1c1ccccc1OC(C)C.